The maximum absolute atomic E-state index is 5.52. The molecule has 0 saturated carbocycles. The summed E-state index contributed by atoms with van der Waals surface area (Å²) < 4.78 is 5.52. The van der Waals surface area contributed by atoms with Gasteiger partial charge in [-0.1, -0.05) is 55.8 Å². The Bertz CT molecular complexity index is 488. The zero-order chi connectivity index (χ0) is 12.8. The molecule has 0 unspecified atom stereocenters. The fourth-order valence-corrected chi connectivity index (χ4v) is 2.25. The maximum atomic E-state index is 5.52. The third kappa shape index (κ3) is 2.73. The first-order valence-electron chi connectivity index (χ1n) is 6.58. The van der Waals surface area contributed by atoms with E-state index in [0.29, 0.717) is 0 Å². The average molecular weight is 240 g/mol. The van der Waals surface area contributed by atoms with E-state index in [0.717, 1.165) is 12.2 Å². The number of aryl methyl sites for hydroxylation is 1. The van der Waals surface area contributed by atoms with Crippen molar-refractivity contribution in [1.82, 2.24) is 0 Å². The van der Waals surface area contributed by atoms with Crippen LogP contribution >= 0.6 is 0 Å². The van der Waals surface area contributed by atoms with Crippen molar-refractivity contribution < 1.29 is 4.74 Å². The fourth-order valence-electron chi connectivity index (χ4n) is 2.25. The third-order valence-electron chi connectivity index (χ3n) is 3.19. The van der Waals surface area contributed by atoms with Crippen molar-refractivity contribution in [3.63, 3.8) is 0 Å². The van der Waals surface area contributed by atoms with Gasteiger partial charge in [-0.15, -0.1) is 0 Å². The Morgan fingerprint density at radius 1 is 0.944 bits per heavy atom. The van der Waals surface area contributed by atoms with Gasteiger partial charge in [0.1, 0.15) is 5.75 Å². The van der Waals surface area contributed by atoms with E-state index in [1.807, 2.05) is 12.1 Å². The zero-order valence-corrected chi connectivity index (χ0v) is 11.1. The van der Waals surface area contributed by atoms with Crippen LogP contribution in [0.2, 0.25) is 0 Å². The van der Waals surface area contributed by atoms with Crippen LogP contribution in [0.4, 0.5) is 0 Å². The van der Waals surface area contributed by atoms with Gasteiger partial charge in [-0.3, -0.25) is 0 Å². The molecule has 0 aliphatic rings. The summed E-state index contributed by atoms with van der Waals surface area (Å²) in [6.07, 6.45) is 3.54. The molecule has 0 heterocycles. The number of benzene rings is 2. The molecule has 2 rings (SSSR count). The number of hydrogen-bond donors (Lipinski definition) is 0. The second-order valence-electron chi connectivity index (χ2n) is 4.46. The lowest BCUT2D eigenvalue weighted by Crippen LogP contribution is -1.94. The molecule has 0 spiro atoms. The second-order valence-corrected chi connectivity index (χ2v) is 4.46. The Labute approximate surface area is 109 Å². The number of hydrogen-bond acceptors (Lipinski definition) is 1. The normalized spacial score (nSPS) is 10.3. The molecule has 0 amide bonds. The van der Waals surface area contributed by atoms with E-state index in [1.54, 1.807) is 7.11 Å². The summed E-state index contributed by atoms with van der Waals surface area (Å²) in [6, 6.07) is 16.8. The first-order chi connectivity index (χ1) is 8.86. The molecule has 0 saturated heterocycles. The fraction of sp³-hybridized carbons (Fsp3) is 0.294. The van der Waals surface area contributed by atoms with Crippen molar-refractivity contribution in [2.45, 2.75) is 26.2 Å². The minimum Gasteiger partial charge on any atom is -0.496 e. The maximum Gasteiger partial charge on any atom is 0.126 e. The summed E-state index contributed by atoms with van der Waals surface area (Å²) in [5.74, 6) is 0.967. The minimum atomic E-state index is 0.967. The van der Waals surface area contributed by atoms with Crippen molar-refractivity contribution in [2.24, 2.45) is 0 Å². The van der Waals surface area contributed by atoms with Crippen molar-refractivity contribution >= 4 is 0 Å². The number of methoxy groups -OCH3 is 1. The predicted molar refractivity (Wildman–Crippen MR) is 77.0 cm³/mol. The highest BCUT2D eigenvalue weighted by Crippen LogP contribution is 2.33. The molecule has 2 aromatic carbocycles. The summed E-state index contributed by atoms with van der Waals surface area (Å²) in [5, 5.41) is 0. The molecule has 0 aliphatic heterocycles. The Morgan fingerprint density at radius 3 is 2.39 bits per heavy atom. The van der Waals surface area contributed by atoms with Crippen LogP contribution in [0.15, 0.2) is 48.5 Å². The molecular formula is C17H20O. The van der Waals surface area contributed by atoms with Crippen LogP contribution in [0, 0.1) is 0 Å². The van der Waals surface area contributed by atoms with E-state index >= 15 is 0 Å². The molecule has 0 aromatic heterocycles. The Morgan fingerprint density at radius 2 is 1.72 bits per heavy atom. The van der Waals surface area contributed by atoms with E-state index in [4.69, 9.17) is 4.74 Å². The van der Waals surface area contributed by atoms with Crippen molar-refractivity contribution in [2.75, 3.05) is 7.11 Å². The van der Waals surface area contributed by atoms with Gasteiger partial charge in [0.2, 0.25) is 0 Å². The summed E-state index contributed by atoms with van der Waals surface area (Å²) >= 11 is 0. The van der Waals surface area contributed by atoms with E-state index in [9.17, 15) is 0 Å². The van der Waals surface area contributed by atoms with Crippen LogP contribution in [0.3, 0.4) is 0 Å². The smallest absolute Gasteiger partial charge is 0.126 e. The Balaban J connectivity index is 2.47. The average Bonchev–Trinajstić information content (AvgIpc) is 2.45. The van der Waals surface area contributed by atoms with Gasteiger partial charge in [0.05, 0.1) is 7.11 Å². The van der Waals surface area contributed by atoms with Crippen LogP contribution in [0.5, 0.6) is 5.75 Å². The zero-order valence-electron chi connectivity index (χ0n) is 11.1. The summed E-state index contributed by atoms with van der Waals surface area (Å²) in [6.45, 7) is 2.22. The molecule has 0 aliphatic carbocycles. The Hall–Kier alpha value is -1.76. The number of rotatable bonds is 5. The van der Waals surface area contributed by atoms with Gasteiger partial charge in [0, 0.05) is 5.56 Å². The number of unbranched alkanes of at least 4 members (excludes halogenated alkanes) is 1. The van der Waals surface area contributed by atoms with Crippen molar-refractivity contribution in [3.05, 3.63) is 54.1 Å². The molecule has 0 radical (unpaired) electrons. The van der Waals surface area contributed by atoms with Gasteiger partial charge >= 0.3 is 0 Å². The van der Waals surface area contributed by atoms with Gasteiger partial charge in [0.25, 0.3) is 0 Å². The van der Waals surface area contributed by atoms with Gasteiger partial charge < -0.3 is 4.74 Å². The second kappa shape index (κ2) is 6.25. The standard InChI is InChI=1S/C17H20O/c1-3-4-9-14-12-8-13-16(18-2)17(14)15-10-6-5-7-11-15/h5-8,10-13H,3-4,9H2,1-2H3. The summed E-state index contributed by atoms with van der Waals surface area (Å²) in [7, 11) is 1.74. The first kappa shape index (κ1) is 12.7. The molecule has 1 nitrogen and oxygen atoms in total. The first-order valence-corrected chi connectivity index (χ1v) is 6.58. The van der Waals surface area contributed by atoms with Gasteiger partial charge in [-0.25, -0.2) is 0 Å². The van der Waals surface area contributed by atoms with Gasteiger partial charge in [-0.05, 0) is 30.0 Å². The van der Waals surface area contributed by atoms with Crippen LogP contribution in [-0.2, 0) is 6.42 Å². The highest BCUT2D eigenvalue weighted by Gasteiger charge is 2.10. The van der Waals surface area contributed by atoms with Gasteiger partial charge in [-0.2, -0.15) is 0 Å². The molecule has 0 bridgehead atoms. The topological polar surface area (TPSA) is 9.23 Å². The quantitative estimate of drug-likeness (QED) is 0.735. The van der Waals surface area contributed by atoms with Crippen molar-refractivity contribution in [1.29, 1.82) is 0 Å². The lowest BCUT2D eigenvalue weighted by Gasteiger charge is -2.14. The highest BCUT2D eigenvalue weighted by molar-refractivity contribution is 5.74. The molecule has 0 N–H and O–H groups in total. The molecule has 1 heteroatoms. The molecule has 0 fully saturated rings. The van der Waals surface area contributed by atoms with Crippen LogP contribution < -0.4 is 4.74 Å². The molecule has 0 atom stereocenters. The largest absolute Gasteiger partial charge is 0.496 e. The molecule has 18 heavy (non-hydrogen) atoms. The summed E-state index contributed by atoms with van der Waals surface area (Å²) in [4.78, 5) is 0. The predicted octanol–water partition coefficient (Wildman–Crippen LogP) is 4.70. The number of ether oxygens (including phenoxy) is 1. The van der Waals surface area contributed by atoms with E-state index < -0.39 is 0 Å². The van der Waals surface area contributed by atoms with Crippen molar-refractivity contribution in [3.8, 4) is 16.9 Å². The Kier molecular flexibility index (Phi) is 4.40. The molecule has 94 valence electrons. The van der Waals surface area contributed by atoms with E-state index in [-0.39, 0.29) is 0 Å². The third-order valence-corrected chi connectivity index (χ3v) is 3.19. The lowest BCUT2D eigenvalue weighted by molar-refractivity contribution is 0.416. The van der Waals surface area contributed by atoms with Crippen LogP contribution in [0.1, 0.15) is 25.3 Å². The van der Waals surface area contributed by atoms with E-state index in [2.05, 4.69) is 43.3 Å². The lowest BCUT2D eigenvalue weighted by atomic mass is 9.95. The monoisotopic (exact) mass is 240 g/mol. The van der Waals surface area contributed by atoms with Crippen LogP contribution in [-0.4, -0.2) is 7.11 Å². The highest BCUT2D eigenvalue weighted by atomic mass is 16.5. The van der Waals surface area contributed by atoms with E-state index in [1.165, 1.54) is 29.5 Å². The molecule has 2 aromatic rings. The molecular weight excluding hydrogens is 220 g/mol. The van der Waals surface area contributed by atoms with Crippen LogP contribution in [0.25, 0.3) is 11.1 Å². The minimum absolute atomic E-state index is 0.967. The van der Waals surface area contributed by atoms with Gasteiger partial charge in [0.15, 0.2) is 0 Å². The SMILES string of the molecule is CCCCc1cccc(OC)c1-c1ccccc1. The summed E-state index contributed by atoms with van der Waals surface area (Å²) in [5.41, 5.74) is 3.86.